The van der Waals surface area contributed by atoms with Crippen molar-refractivity contribution in [1.82, 2.24) is 15.0 Å². The van der Waals surface area contributed by atoms with E-state index in [-0.39, 0.29) is 5.91 Å². The highest BCUT2D eigenvalue weighted by Crippen LogP contribution is 2.28. The third kappa shape index (κ3) is 4.53. The first-order valence-electron chi connectivity index (χ1n) is 8.04. The number of nitrogens with zero attached hydrogens (tertiary/aromatic N) is 4. The number of aromatic nitrogens is 3. The summed E-state index contributed by atoms with van der Waals surface area (Å²) in [6, 6.07) is 12.5. The van der Waals surface area contributed by atoms with E-state index in [2.05, 4.69) is 15.0 Å². The minimum Gasteiger partial charge on any atom is -0.481 e. The van der Waals surface area contributed by atoms with Crippen LogP contribution in [0.25, 0.3) is 0 Å². The SMILES string of the molecule is COc1cc(OC)nc(Sc2ccc(C(=O)N(C)c3cccnc3)cc2)n1. The average Bonchev–Trinajstić information content (AvgIpc) is 2.73. The fraction of sp³-hybridized carbons (Fsp3) is 0.158. The van der Waals surface area contributed by atoms with Crippen molar-refractivity contribution in [3.63, 3.8) is 0 Å². The molecule has 0 bridgehead atoms. The zero-order valence-corrected chi connectivity index (χ0v) is 15.9. The topological polar surface area (TPSA) is 77.4 Å². The molecule has 0 radical (unpaired) electrons. The van der Waals surface area contributed by atoms with Crippen molar-refractivity contribution in [2.24, 2.45) is 0 Å². The van der Waals surface area contributed by atoms with Gasteiger partial charge in [0, 0.05) is 23.7 Å². The van der Waals surface area contributed by atoms with E-state index < -0.39 is 0 Å². The van der Waals surface area contributed by atoms with Crippen molar-refractivity contribution in [2.75, 3.05) is 26.2 Å². The maximum atomic E-state index is 12.6. The molecule has 0 atom stereocenters. The lowest BCUT2D eigenvalue weighted by Gasteiger charge is -2.16. The van der Waals surface area contributed by atoms with Crippen molar-refractivity contribution in [3.8, 4) is 11.8 Å². The molecular weight excluding hydrogens is 364 g/mol. The first-order valence-corrected chi connectivity index (χ1v) is 8.85. The molecule has 2 aromatic heterocycles. The number of carbonyl (C=O) groups excluding carboxylic acids is 1. The lowest BCUT2D eigenvalue weighted by molar-refractivity contribution is 0.0993. The van der Waals surface area contributed by atoms with E-state index in [0.717, 1.165) is 10.6 Å². The number of ether oxygens (including phenoxy) is 2. The third-order valence-corrected chi connectivity index (χ3v) is 4.60. The zero-order chi connectivity index (χ0) is 19.2. The molecule has 8 heteroatoms. The summed E-state index contributed by atoms with van der Waals surface area (Å²) in [5, 5.41) is 0.498. The van der Waals surface area contributed by atoms with Crippen LogP contribution in [-0.2, 0) is 0 Å². The first kappa shape index (κ1) is 18.7. The molecule has 0 aliphatic heterocycles. The summed E-state index contributed by atoms with van der Waals surface area (Å²) in [6.07, 6.45) is 3.32. The van der Waals surface area contributed by atoms with Gasteiger partial charge < -0.3 is 14.4 Å². The predicted octanol–water partition coefficient (Wildman–Crippen LogP) is 3.32. The molecule has 3 aromatic rings. The van der Waals surface area contributed by atoms with Crippen LogP contribution in [0, 0.1) is 0 Å². The van der Waals surface area contributed by atoms with Gasteiger partial charge in [-0.25, -0.2) is 0 Å². The molecule has 1 aromatic carbocycles. The van der Waals surface area contributed by atoms with Gasteiger partial charge in [-0.15, -0.1) is 0 Å². The van der Waals surface area contributed by atoms with Crippen LogP contribution in [0.5, 0.6) is 11.8 Å². The smallest absolute Gasteiger partial charge is 0.258 e. The van der Waals surface area contributed by atoms with E-state index in [1.54, 1.807) is 48.6 Å². The van der Waals surface area contributed by atoms with Crippen LogP contribution in [0.15, 0.2) is 64.9 Å². The number of hydrogen-bond acceptors (Lipinski definition) is 7. The monoisotopic (exact) mass is 382 g/mol. The molecule has 3 rings (SSSR count). The number of rotatable bonds is 6. The highest BCUT2D eigenvalue weighted by atomic mass is 32.2. The van der Waals surface area contributed by atoms with Crippen LogP contribution < -0.4 is 14.4 Å². The Morgan fingerprint density at radius 1 is 1.04 bits per heavy atom. The predicted molar refractivity (Wildman–Crippen MR) is 103 cm³/mol. The lowest BCUT2D eigenvalue weighted by atomic mass is 10.2. The molecule has 0 unspecified atom stereocenters. The molecule has 0 fully saturated rings. The largest absolute Gasteiger partial charge is 0.481 e. The molecule has 0 N–H and O–H groups in total. The first-order chi connectivity index (χ1) is 13.1. The summed E-state index contributed by atoms with van der Waals surface area (Å²) in [5.74, 6) is 0.738. The van der Waals surface area contributed by atoms with Gasteiger partial charge in [0.25, 0.3) is 5.91 Å². The number of amides is 1. The minimum absolute atomic E-state index is 0.112. The number of methoxy groups -OCH3 is 2. The van der Waals surface area contributed by atoms with Gasteiger partial charge in [-0.05, 0) is 48.2 Å². The van der Waals surface area contributed by atoms with Crippen LogP contribution in [0.3, 0.4) is 0 Å². The van der Waals surface area contributed by atoms with Crippen LogP contribution in [0.1, 0.15) is 10.4 Å². The Balaban J connectivity index is 1.75. The summed E-state index contributed by atoms with van der Waals surface area (Å²) < 4.78 is 10.3. The zero-order valence-electron chi connectivity index (χ0n) is 15.1. The Kier molecular flexibility index (Phi) is 5.87. The third-order valence-electron chi connectivity index (χ3n) is 3.73. The Hall–Kier alpha value is -3.13. The maximum absolute atomic E-state index is 12.6. The molecule has 27 heavy (non-hydrogen) atoms. The van der Waals surface area contributed by atoms with Gasteiger partial charge in [0.2, 0.25) is 11.8 Å². The summed E-state index contributed by atoms with van der Waals surface area (Å²) in [7, 11) is 4.79. The van der Waals surface area contributed by atoms with Crippen molar-refractivity contribution in [2.45, 2.75) is 10.1 Å². The number of pyridine rings is 1. The Labute approximate surface area is 161 Å². The number of carbonyl (C=O) groups is 1. The van der Waals surface area contributed by atoms with Gasteiger partial charge in [-0.3, -0.25) is 9.78 Å². The highest BCUT2D eigenvalue weighted by Gasteiger charge is 2.14. The van der Waals surface area contributed by atoms with Gasteiger partial charge in [0.05, 0.1) is 32.2 Å². The van der Waals surface area contributed by atoms with Crippen LogP contribution in [0.4, 0.5) is 5.69 Å². The van der Waals surface area contributed by atoms with Crippen molar-refractivity contribution in [3.05, 3.63) is 60.4 Å². The molecule has 0 saturated heterocycles. The van der Waals surface area contributed by atoms with E-state index in [1.807, 2.05) is 18.2 Å². The number of anilines is 1. The molecule has 138 valence electrons. The highest BCUT2D eigenvalue weighted by molar-refractivity contribution is 7.99. The van der Waals surface area contributed by atoms with Crippen molar-refractivity contribution >= 4 is 23.4 Å². The van der Waals surface area contributed by atoms with Gasteiger partial charge in [-0.2, -0.15) is 9.97 Å². The molecule has 0 spiro atoms. The van der Waals surface area contributed by atoms with Crippen LogP contribution in [-0.4, -0.2) is 42.1 Å². The second-order valence-corrected chi connectivity index (χ2v) is 6.48. The second kappa shape index (κ2) is 8.50. The molecule has 7 nitrogen and oxygen atoms in total. The Morgan fingerprint density at radius 3 is 2.26 bits per heavy atom. The van der Waals surface area contributed by atoms with Gasteiger partial charge >= 0.3 is 0 Å². The van der Waals surface area contributed by atoms with Gasteiger partial charge in [0.1, 0.15) is 0 Å². The average molecular weight is 382 g/mol. The normalized spacial score (nSPS) is 10.3. The van der Waals surface area contributed by atoms with Crippen molar-refractivity contribution < 1.29 is 14.3 Å². The molecule has 0 aliphatic rings. The van der Waals surface area contributed by atoms with Crippen LogP contribution in [0.2, 0.25) is 0 Å². The number of benzene rings is 1. The van der Waals surface area contributed by atoms with Gasteiger partial charge in [-0.1, -0.05) is 0 Å². The Bertz CT molecular complexity index is 898. The van der Waals surface area contributed by atoms with Gasteiger partial charge in [0.15, 0.2) is 5.16 Å². The summed E-state index contributed by atoms with van der Waals surface area (Å²) in [6.45, 7) is 0. The standard InChI is InChI=1S/C19H18N4O3S/c1-23(14-5-4-10-20-12-14)18(24)13-6-8-15(9-7-13)27-19-21-16(25-2)11-17(22-19)26-3/h4-12H,1-3H3. The molecule has 0 saturated carbocycles. The van der Waals surface area contributed by atoms with E-state index in [1.165, 1.54) is 26.0 Å². The summed E-state index contributed by atoms with van der Waals surface area (Å²) >= 11 is 1.35. The maximum Gasteiger partial charge on any atom is 0.258 e. The van der Waals surface area contributed by atoms with E-state index in [9.17, 15) is 4.79 Å². The minimum atomic E-state index is -0.112. The Morgan fingerprint density at radius 2 is 1.70 bits per heavy atom. The fourth-order valence-electron chi connectivity index (χ4n) is 2.27. The van der Waals surface area contributed by atoms with E-state index >= 15 is 0 Å². The summed E-state index contributed by atoms with van der Waals surface area (Å²) in [5.41, 5.74) is 1.31. The quantitative estimate of drug-likeness (QED) is 0.605. The summed E-state index contributed by atoms with van der Waals surface area (Å²) in [4.78, 5) is 27.7. The molecular formula is C19H18N4O3S. The fourth-order valence-corrected chi connectivity index (χ4v) is 3.03. The van der Waals surface area contributed by atoms with E-state index in [0.29, 0.717) is 22.5 Å². The number of hydrogen-bond donors (Lipinski definition) is 0. The lowest BCUT2D eigenvalue weighted by Crippen LogP contribution is -2.26. The van der Waals surface area contributed by atoms with E-state index in [4.69, 9.17) is 9.47 Å². The van der Waals surface area contributed by atoms with Crippen molar-refractivity contribution in [1.29, 1.82) is 0 Å². The molecule has 1 amide bonds. The molecule has 0 aliphatic carbocycles. The molecule has 2 heterocycles. The second-order valence-electron chi connectivity index (χ2n) is 5.44. The van der Waals surface area contributed by atoms with Crippen LogP contribution >= 0.6 is 11.8 Å².